The monoisotopic (exact) mass is 404 g/mol. The highest BCUT2D eigenvalue weighted by Gasteiger charge is 2.18. The molecular formula is C21H28N2O4S. The van der Waals surface area contributed by atoms with Gasteiger partial charge in [0.25, 0.3) is 5.91 Å². The maximum absolute atomic E-state index is 12.4. The lowest BCUT2D eigenvalue weighted by Gasteiger charge is -2.22. The number of hydrogen-bond donors (Lipinski definition) is 1. The topological polar surface area (TPSA) is 75.7 Å². The highest BCUT2D eigenvalue weighted by Crippen LogP contribution is 2.30. The summed E-state index contributed by atoms with van der Waals surface area (Å²) in [6, 6.07) is 14.4. The Labute approximate surface area is 167 Å². The van der Waals surface area contributed by atoms with Gasteiger partial charge in [0.05, 0.1) is 18.5 Å². The summed E-state index contributed by atoms with van der Waals surface area (Å²) >= 11 is 0. The van der Waals surface area contributed by atoms with E-state index in [4.69, 9.17) is 4.74 Å². The summed E-state index contributed by atoms with van der Waals surface area (Å²) in [5.74, 6) is 0.525. The molecule has 0 aliphatic heterocycles. The number of benzene rings is 2. The molecule has 0 aliphatic rings. The summed E-state index contributed by atoms with van der Waals surface area (Å²) in [5, 5.41) is 2.80. The molecule has 6 nitrogen and oxygen atoms in total. The number of para-hydroxylation sites is 1. The van der Waals surface area contributed by atoms with E-state index in [1.807, 2.05) is 24.3 Å². The van der Waals surface area contributed by atoms with Crippen LogP contribution in [0.2, 0.25) is 0 Å². The summed E-state index contributed by atoms with van der Waals surface area (Å²) in [4.78, 5) is 12.4. The van der Waals surface area contributed by atoms with Crippen LogP contribution in [0.4, 0.5) is 5.69 Å². The number of amides is 1. The minimum absolute atomic E-state index is 0.0358. The van der Waals surface area contributed by atoms with Crippen molar-refractivity contribution in [3.05, 3.63) is 59.7 Å². The van der Waals surface area contributed by atoms with E-state index in [0.29, 0.717) is 24.4 Å². The number of ether oxygens (including phenoxy) is 1. The first kappa shape index (κ1) is 21.8. The van der Waals surface area contributed by atoms with Crippen LogP contribution in [-0.4, -0.2) is 40.8 Å². The SMILES string of the molecule is CN(c1cccc(C(=O)NCCOc2ccccc2C(C)(C)C)c1)S(C)(=O)=O. The fraction of sp³-hybridized carbons (Fsp3) is 0.381. The summed E-state index contributed by atoms with van der Waals surface area (Å²) in [6.45, 7) is 7.04. The standard InChI is InChI=1S/C21H28N2O4S/c1-21(2,3)18-11-6-7-12-19(18)27-14-13-22-20(24)16-9-8-10-17(15-16)23(4)28(5,25)26/h6-12,15H,13-14H2,1-5H3,(H,22,24). The highest BCUT2D eigenvalue weighted by molar-refractivity contribution is 7.92. The Hall–Kier alpha value is -2.54. The molecule has 2 aromatic carbocycles. The molecule has 0 bridgehead atoms. The Kier molecular flexibility index (Phi) is 6.72. The molecule has 7 heteroatoms. The third-order valence-electron chi connectivity index (χ3n) is 4.31. The van der Waals surface area contributed by atoms with E-state index >= 15 is 0 Å². The van der Waals surface area contributed by atoms with Crippen LogP contribution >= 0.6 is 0 Å². The molecule has 28 heavy (non-hydrogen) atoms. The fourth-order valence-electron chi connectivity index (χ4n) is 2.67. The summed E-state index contributed by atoms with van der Waals surface area (Å²) < 4.78 is 30.3. The van der Waals surface area contributed by atoms with Gasteiger partial charge in [-0.1, -0.05) is 45.0 Å². The normalized spacial score (nSPS) is 11.8. The van der Waals surface area contributed by atoms with Gasteiger partial charge in [-0.15, -0.1) is 0 Å². The molecular weight excluding hydrogens is 376 g/mol. The zero-order chi connectivity index (χ0) is 20.9. The molecule has 0 aromatic heterocycles. The first-order valence-corrected chi connectivity index (χ1v) is 10.9. The quantitative estimate of drug-likeness (QED) is 0.719. The summed E-state index contributed by atoms with van der Waals surface area (Å²) in [5.41, 5.74) is 1.90. The number of hydrogen-bond acceptors (Lipinski definition) is 4. The van der Waals surface area contributed by atoms with Crippen LogP contribution in [0.15, 0.2) is 48.5 Å². The number of anilines is 1. The maximum atomic E-state index is 12.4. The van der Waals surface area contributed by atoms with Crippen molar-refractivity contribution in [3.8, 4) is 5.75 Å². The fourth-order valence-corrected chi connectivity index (χ4v) is 3.17. The minimum atomic E-state index is -3.38. The molecule has 1 N–H and O–H groups in total. The van der Waals surface area contributed by atoms with E-state index < -0.39 is 10.0 Å². The van der Waals surface area contributed by atoms with Crippen LogP contribution in [0.1, 0.15) is 36.7 Å². The Morgan fingerprint density at radius 1 is 1.11 bits per heavy atom. The largest absolute Gasteiger partial charge is 0.491 e. The van der Waals surface area contributed by atoms with Gasteiger partial charge in [0.1, 0.15) is 12.4 Å². The van der Waals surface area contributed by atoms with Crippen molar-refractivity contribution in [1.82, 2.24) is 5.32 Å². The van der Waals surface area contributed by atoms with Gasteiger partial charge in [-0.05, 0) is 35.2 Å². The molecule has 0 saturated carbocycles. The van der Waals surface area contributed by atoms with Crippen LogP contribution in [0.3, 0.4) is 0 Å². The van der Waals surface area contributed by atoms with Gasteiger partial charge < -0.3 is 10.1 Å². The van der Waals surface area contributed by atoms with Crippen LogP contribution in [-0.2, 0) is 15.4 Å². The molecule has 152 valence electrons. The second-order valence-electron chi connectivity index (χ2n) is 7.63. The number of rotatable bonds is 7. The number of sulfonamides is 1. The Balaban J connectivity index is 1.96. The van der Waals surface area contributed by atoms with Crippen molar-refractivity contribution in [2.45, 2.75) is 26.2 Å². The summed E-state index contributed by atoms with van der Waals surface area (Å²) in [6.07, 6.45) is 1.12. The third-order valence-corrected chi connectivity index (χ3v) is 5.52. The number of nitrogens with zero attached hydrogens (tertiary/aromatic N) is 1. The van der Waals surface area contributed by atoms with Gasteiger partial charge in [-0.2, -0.15) is 0 Å². The van der Waals surface area contributed by atoms with Gasteiger partial charge in [-0.3, -0.25) is 9.10 Å². The molecule has 0 aliphatic carbocycles. The van der Waals surface area contributed by atoms with Gasteiger partial charge in [0.15, 0.2) is 0 Å². The highest BCUT2D eigenvalue weighted by atomic mass is 32.2. The molecule has 0 radical (unpaired) electrons. The minimum Gasteiger partial charge on any atom is -0.491 e. The molecule has 0 unspecified atom stereocenters. The molecule has 0 saturated heterocycles. The molecule has 0 fully saturated rings. The van der Waals surface area contributed by atoms with Crippen molar-refractivity contribution in [1.29, 1.82) is 0 Å². The number of carbonyl (C=O) groups excluding carboxylic acids is 1. The molecule has 0 atom stereocenters. The third kappa shape index (κ3) is 5.73. The average Bonchev–Trinajstić information content (AvgIpc) is 2.63. The van der Waals surface area contributed by atoms with Crippen molar-refractivity contribution >= 4 is 21.6 Å². The zero-order valence-corrected chi connectivity index (χ0v) is 17.8. The maximum Gasteiger partial charge on any atom is 0.251 e. The van der Waals surface area contributed by atoms with Crippen LogP contribution in [0.25, 0.3) is 0 Å². The van der Waals surface area contributed by atoms with E-state index in [-0.39, 0.29) is 11.3 Å². The number of carbonyl (C=O) groups is 1. The first-order chi connectivity index (χ1) is 13.0. The van der Waals surface area contributed by atoms with Crippen LogP contribution in [0.5, 0.6) is 5.75 Å². The number of nitrogens with one attached hydrogen (secondary N) is 1. The zero-order valence-electron chi connectivity index (χ0n) is 17.0. The molecule has 0 spiro atoms. The lowest BCUT2D eigenvalue weighted by Crippen LogP contribution is -2.29. The van der Waals surface area contributed by atoms with E-state index in [1.165, 1.54) is 7.05 Å². The Bertz CT molecular complexity index is 933. The average molecular weight is 405 g/mol. The van der Waals surface area contributed by atoms with E-state index in [2.05, 4.69) is 26.1 Å². The Morgan fingerprint density at radius 2 is 1.79 bits per heavy atom. The molecule has 2 aromatic rings. The van der Waals surface area contributed by atoms with Crippen molar-refractivity contribution < 1.29 is 17.9 Å². The molecule has 0 heterocycles. The van der Waals surface area contributed by atoms with E-state index in [9.17, 15) is 13.2 Å². The lowest BCUT2D eigenvalue weighted by molar-refractivity contribution is 0.0947. The summed E-state index contributed by atoms with van der Waals surface area (Å²) in [7, 11) is -1.93. The predicted octanol–water partition coefficient (Wildman–Crippen LogP) is 3.19. The van der Waals surface area contributed by atoms with Crippen LogP contribution in [0, 0.1) is 0 Å². The second-order valence-corrected chi connectivity index (χ2v) is 9.65. The Morgan fingerprint density at radius 3 is 2.43 bits per heavy atom. The second kappa shape index (κ2) is 8.65. The first-order valence-electron chi connectivity index (χ1n) is 9.04. The van der Waals surface area contributed by atoms with Gasteiger partial charge in [0, 0.05) is 12.6 Å². The molecule has 1 amide bonds. The van der Waals surface area contributed by atoms with Crippen molar-refractivity contribution in [3.63, 3.8) is 0 Å². The van der Waals surface area contributed by atoms with Gasteiger partial charge >= 0.3 is 0 Å². The van der Waals surface area contributed by atoms with Crippen LogP contribution < -0.4 is 14.4 Å². The predicted molar refractivity (Wildman–Crippen MR) is 113 cm³/mol. The van der Waals surface area contributed by atoms with Gasteiger partial charge in [0.2, 0.25) is 10.0 Å². The smallest absolute Gasteiger partial charge is 0.251 e. The molecule has 2 rings (SSSR count). The van der Waals surface area contributed by atoms with Crippen molar-refractivity contribution in [2.24, 2.45) is 0 Å². The van der Waals surface area contributed by atoms with Crippen molar-refractivity contribution in [2.75, 3.05) is 30.8 Å². The van der Waals surface area contributed by atoms with E-state index in [1.54, 1.807) is 24.3 Å². The van der Waals surface area contributed by atoms with Gasteiger partial charge in [-0.25, -0.2) is 8.42 Å². The lowest BCUT2D eigenvalue weighted by atomic mass is 9.86. The van der Waals surface area contributed by atoms with E-state index in [0.717, 1.165) is 21.9 Å².